The Morgan fingerprint density at radius 2 is 1.93 bits per heavy atom. The van der Waals surface area contributed by atoms with Crippen LogP contribution in [-0.2, 0) is 0 Å². The lowest BCUT2D eigenvalue weighted by Crippen LogP contribution is -2.37. The number of nitrogens with zero attached hydrogens (tertiary/aromatic N) is 1. The van der Waals surface area contributed by atoms with Crippen LogP contribution in [-0.4, -0.2) is 19.3 Å². The number of rotatable bonds is 0. The van der Waals surface area contributed by atoms with Crippen molar-refractivity contribution in [3.05, 3.63) is 11.9 Å². The lowest BCUT2D eigenvalue weighted by Gasteiger charge is -2.29. The van der Waals surface area contributed by atoms with E-state index in [1.807, 2.05) is 33.9 Å². The van der Waals surface area contributed by atoms with Crippen molar-refractivity contribution in [1.29, 1.82) is 0 Å². The summed E-state index contributed by atoms with van der Waals surface area (Å²) >= 11 is 0. The minimum Gasteiger partial charge on any atom is -0.384 e. The quantitative estimate of drug-likeness (QED) is 0.645. The average Bonchev–Trinajstić information content (AvgIpc) is 2.34. The van der Waals surface area contributed by atoms with Gasteiger partial charge >= 0.3 is 0 Å². The SMILES string of the molecule is CC.CC.NC1=CC2CNCCC2C=N1. The van der Waals surface area contributed by atoms with Gasteiger partial charge < -0.3 is 11.1 Å². The molecule has 3 nitrogen and oxygen atoms in total. The summed E-state index contributed by atoms with van der Waals surface area (Å²) in [5, 5.41) is 3.34. The van der Waals surface area contributed by atoms with Gasteiger partial charge in [0.25, 0.3) is 0 Å². The maximum Gasteiger partial charge on any atom is 0.119 e. The average molecular weight is 211 g/mol. The zero-order chi connectivity index (χ0) is 11.7. The molecule has 2 unspecified atom stereocenters. The van der Waals surface area contributed by atoms with Crippen LogP contribution in [0.4, 0.5) is 0 Å². The van der Waals surface area contributed by atoms with Crippen molar-refractivity contribution in [2.24, 2.45) is 22.6 Å². The first-order chi connectivity index (χ1) is 7.36. The van der Waals surface area contributed by atoms with Crippen LogP contribution in [0.3, 0.4) is 0 Å². The second-order valence-electron chi connectivity index (χ2n) is 3.19. The van der Waals surface area contributed by atoms with Gasteiger partial charge in [-0.25, -0.2) is 4.99 Å². The Morgan fingerprint density at radius 1 is 1.27 bits per heavy atom. The third-order valence-corrected chi connectivity index (χ3v) is 2.38. The Balaban J connectivity index is 0.000000442. The first-order valence-corrected chi connectivity index (χ1v) is 6.08. The van der Waals surface area contributed by atoms with E-state index in [1.165, 1.54) is 6.42 Å². The van der Waals surface area contributed by atoms with Gasteiger partial charge in [0.2, 0.25) is 0 Å². The fourth-order valence-electron chi connectivity index (χ4n) is 1.71. The molecule has 2 atom stereocenters. The summed E-state index contributed by atoms with van der Waals surface area (Å²) in [5.41, 5.74) is 5.58. The number of aliphatic imine (C=N–C) groups is 1. The number of hydrogen-bond acceptors (Lipinski definition) is 3. The summed E-state index contributed by atoms with van der Waals surface area (Å²) in [6.45, 7) is 10.2. The molecule has 0 aromatic carbocycles. The summed E-state index contributed by atoms with van der Waals surface area (Å²) in [6.07, 6.45) is 5.26. The summed E-state index contributed by atoms with van der Waals surface area (Å²) < 4.78 is 0. The van der Waals surface area contributed by atoms with Gasteiger partial charge in [-0.05, 0) is 19.0 Å². The highest BCUT2D eigenvalue weighted by molar-refractivity contribution is 5.64. The normalized spacial score (nSPS) is 27.3. The van der Waals surface area contributed by atoms with Crippen LogP contribution in [0.1, 0.15) is 34.1 Å². The molecule has 2 aliphatic heterocycles. The molecule has 15 heavy (non-hydrogen) atoms. The van der Waals surface area contributed by atoms with E-state index >= 15 is 0 Å². The molecule has 0 spiro atoms. The monoisotopic (exact) mass is 211 g/mol. The van der Waals surface area contributed by atoms with Crippen LogP contribution in [0.15, 0.2) is 16.9 Å². The van der Waals surface area contributed by atoms with Crippen LogP contribution in [0, 0.1) is 11.8 Å². The fraction of sp³-hybridized carbons (Fsp3) is 0.750. The third kappa shape index (κ3) is 4.47. The smallest absolute Gasteiger partial charge is 0.119 e. The minimum absolute atomic E-state index is 0.584. The maximum absolute atomic E-state index is 5.58. The number of hydrogen-bond donors (Lipinski definition) is 2. The molecule has 0 aliphatic carbocycles. The van der Waals surface area contributed by atoms with Crippen LogP contribution in [0.25, 0.3) is 0 Å². The lowest BCUT2D eigenvalue weighted by molar-refractivity contribution is 0.375. The molecule has 0 saturated carbocycles. The third-order valence-electron chi connectivity index (χ3n) is 2.38. The van der Waals surface area contributed by atoms with Gasteiger partial charge in [0.05, 0.1) is 0 Å². The van der Waals surface area contributed by atoms with E-state index in [0.29, 0.717) is 17.7 Å². The number of fused-ring (bicyclic) bond motifs is 1. The molecule has 0 aromatic rings. The largest absolute Gasteiger partial charge is 0.384 e. The van der Waals surface area contributed by atoms with Gasteiger partial charge in [-0.3, -0.25) is 0 Å². The molecule has 0 radical (unpaired) electrons. The predicted octanol–water partition coefficient (Wildman–Crippen LogP) is 2.15. The molecule has 3 N–H and O–H groups in total. The maximum atomic E-state index is 5.58. The molecule has 0 bridgehead atoms. The summed E-state index contributed by atoms with van der Waals surface area (Å²) in [6, 6.07) is 0. The van der Waals surface area contributed by atoms with Crippen molar-refractivity contribution < 1.29 is 0 Å². The van der Waals surface area contributed by atoms with E-state index < -0.39 is 0 Å². The van der Waals surface area contributed by atoms with E-state index in [4.69, 9.17) is 5.73 Å². The molecule has 0 amide bonds. The van der Waals surface area contributed by atoms with Crippen molar-refractivity contribution in [2.75, 3.05) is 13.1 Å². The Labute approximate surface area is 93.8 Å². The van der Waals surface area contributed by atoms with E-state index in [0.717, 1.165) is 13.1 Å². The zero-order valence-corrected chi connectivity index (χ0v) is 10.5. The highest BCUT2D eigenvalue weighted by atomic mass is 14.9. The van der Waals surface area contributed by atoms with E-state index in [9.17, 15) is 0 Å². The van der Waals surface area contributed by atoms with Gasteiger partial charge in [-0.15, -0.1) is 0 Å². The Hall–Kier alpha value is -0.830. The fourth-order valence-corrected chi connectivity index (χ4v) is 1.71. The Kier molecular flexibility index (Phi) is 8.01. The number of nitrogens with one attached hydrogen (secondary N) is 1. The van der Waals surface area contributed by atoms with Gasteiger partial charge in [0.15, 0.2) is 0 Å². The molecule has 88 valence electrons. The highest BCUT2D eigenvalue weighted by Gasteiger charge is 2.23. The minimum atomic E-state index is 0.584. The van der Waals surface area contributed by atoms with Crippen molar-refractivity contribution in [2.45, 2.75) is 34.1 Å². The number of nitrogens with two attached hydrogens (primary N) is 1. The van der Waals surface area contributed by atoms with E-state index in [1.54, 1.807) is 0 Å². The molecule has 1 fully saturated rings. The van der Waals surface area contributed by atoms with Crippen molar-refractivity contribution in [1.82, 2.24) is 5.32 Å². The van der Waals surface area contributed by atoms with Crippen LogP contribution < -0.4 is 11.1 Å². The van der Waals surface area contributed by atoms with Gasteiger partial charge in [-0.2, -0.15) is 0 Å². The molecule has 3 heteroatoms. The van der Waals surface area contributed by atoms with Crippen LogP contribution in [0.2, 0.25) is 0 Å². The lowest BCUT2D eigenvalue weighted by atomic mass is 9.86. The topological polar surface area (TPSA) is 50.4 Å². The molecule has 1 saturated heterocycles. The highest BCUT2D eigenvalue weighted by Crippen LogP contribution is 2.22. The van der Waals surface area contributed by atoms with Crippen LogP contribution >= 0.6 is 0 Å². The van der Waals surface area contributed by atoms with Crippen molar-refractivity contribution in [3.8, 4) is 0 Å². The van der Waals surface area contributed by atoms with Gasteiger partial charge in [0.1, 0.15) is 5.82 Å². The zero-order valence-electron chi connectivity index (χ0n) is 10.5. The first-order valence-electron chi connectivity index (χ1n) is 6.08. The summed E-state index contributed by atoms with van der Waals surface area (Å²) in [5.74, 6) is 1.89. The molecular formula is C12H25N3. The molecule has 2 aliphatic rings. The molecule has 0 aromatic heterocycles. The predicted molar refractivity (Wildman–Crippen MR) is 67.9 cm³/mol. The summed E-state index contributed by atoms with van der Waals surface area (Å²) in [4.78, 5) is 4.10. The van der Waals surface area contributed by atoms with Crippen molar-refractivity contribution in [3.63, 3.8) is 0 Å². The second-order valence-corrected chi connectivity index (χ2v) is 3.19. The van der Waals surface area contributed by atoms with E-state index in [2.05, 4.69) is 16.4 Å². The first kappa shape index (κ1) is 14.2. The van der Waals surface area contributed by atoms with Gasteiger partial charge in [0, 0.05) is 24.6 Å². The molecule has 2 heterocycles. The Bertz CT molecular complexity index is 209. The standard InChI is InChI=1S/C8H13N3.2C2H6/c9-8-3-7-4-10-2-1-6(7)5-11-8;2*1-2/h3,5-7,10H,1-2,4,9H2;2*1-2H3. The van der Waals surface area contributed by atoms with Crippen LogP contribution in [0.5, 0.6) is 0 Å². The number of piperidine rings is 1. The summed E-state index contributed by atoms with van der Waals surface area (Å²) in [7, 11) is 0. The molecule has 2 rings (SSSR count). The van der Waals surface area contributed by atoms with Gasteiger partial charge in [-0.1, -0.05) is 27.7 Å². The van der Waals surface area contributed by atoms with Crippen molar-refractivity contribution >= 4 is 6.21 Å². The van der Waals surface area contributed by atoms with E-state index in [-0.39, 0.29) is 0 Å². The Morgan fingerprint density at radius 3 is 2.60 bits per heavy atom. The molecular weight excluding hydrogens is 186 g/mol. The second kappa shape index (κ2) is 8.48.